The number of β-lactam (4-membered cyclic amide) rings is 1. The molecule has 0 bridgehead atoms. The minimum atomic E-state index is -1.09. The van der Waals surface area contributed by atoms with Crippen molar-refractivity contribution in [2.45, 2.75) is 25.5 Å². The standard InChI is InChI=1S/C11H16N2O4S/c1-5(14)8-6-4-7(18-3-2-12)9(11(16)17)13(6)10(8)15/h5-6,8,14H,2-4,12H2,1H3,(H,16,17)/t5-,6-,8+/m1/s1. The van der Waals surface area contributed by atoms with E-state index in [1.807, 2.05) is 0 Å². The molecule has 18 heavy (non-hydrogen) atoms. The average molecular weight is 272 g/mol. The summed E-state index contributed by atoms with van der Waals surface area (Å²) in [5.74, 6) is -1.24. The summed E-state index contributed by atoms with van der Waals surface area (Å²) in [6.07, 6.45) is -0.235. The van der Waals surface area contributed by atoms with Gasteiger partial charge >= 0.3 is 5.97 Å². The zero-order valence-corrected chi connectivity index (χ0v) is 10.8. The summed E-state index contributed by atoms with van der Waals surface area (Å²) < 4.78 is 0. The number of hydrogen-bond acceptors (Lipinski definition) is 5. The van der Waals surface area contributed by atoms with Crippen LogP contribution in [0.3, 0.4) is 0 Å². The lowest BCUT2D eigenvalue weighted by Crippen LogP contribution is -2.61. The van der Waals surface area contributed by atoms with Gasteiger partial charge in [0.2, 0.25) is 5.91 Å². The van der Waals surface area contributed by atoms with E-state index < -0.39 is 18.0 Å². The summed E-state index contributed by atoms with van der Waals surface area (Å²) in [6.45, 7) is 2.02. The van der Waals surface area contributed by atoms with E-state index in [1.165, 1.54) is 16.7 Å². The molecule has 3 atom stereocenters. The second kappa shape index (κ2) is 4.91. The Morgan fingerprint density at radius 1 is 1.67 bits per heavy atom. The highest BCUT2D eigenvalue weighted by molar-refractivity contribution is 8.03. The van der Waals surface area contributed by atoms with Gasteiger partial charge in [0.15, 0.2) is 0 Å². The summed E-state index contributed by atoms with van der Waals surface area (Å²) in [4.78, 5) is 25.1. The highest BCUT2D eigenvalue weighted by atomic mass is 32.2. The highest BCUT2D eigenvalue weighted by Gasteiger charge is 2.56. The van der Waals surface area contributed by atoms with Crippen molar-refractivity contribution >= 4 is 23.6 Å². The number of carboxylic acids is 1. The number of carbonyl (C=O) groups is 2. The van der Waals surface area contributed by atoms with Crippen LogP contribution in [0.2, 0.25) is 0 Å². The number of aliphatic hydroxyl groups excluding tert-OH is 1. The van der Waals surface area contributed by atoms with Crippen LogP contribution in [0.15, 0.2) is 10.6 Å². The van der Waals surface area contributed by atoms with Gasteiger partial charge in [-0.25, -0.2) is 4.79 Å². The van der Waals surface area contributed by atoms with Crippen LogP contribution in [0.4, 0.5) is 0 Å². The Kier molecular flexibility index (Phi) is 3.65. The van der Waals surface area contributed by atoms with Crippen LogP contribution >= 0.6 is 11.8 Å². The molecular formula is C11H16N2O4S. The van der Waals surface area contributed by atoms with Gasteiger partial charge in [-0.15, -0.1) is 11.8 Å². The first kappa shape index (κ1) is 13.4. The lowest BCUT2D eigenvalue weighted by atomic mass is 9.83. The SMILES string of the molecule is C[C@@H](O)[C@@H]1C(=O)N2C(C(=O)O)=C(SCCN)C[C@H]12. The molecule has 0 spiro atoms. The van der Waals surface area contributed by atoms with Crippen molar-refractivity contribution in [2.24, 2.45) is 11.7 Å². The van der Waals surface area contributed by atoms with Crippen molar-refractivity contribution in [3.8, 4) is 0 Å². The molecule has 7 heteroatoms. The molecule has 1 saturated heterocycles. The third-order valence-electron chi connectivity index (χ3n) is 3.28. The molecule has 6 nitrogen and oxygen atoms in total. The van der Waals surface area contributed by atoms with Crippen LogP contribution in [-0.2, 0) is 9.59 Å². The molecular weight excluding hydrogens is 256 g/mol. The van der Waals surface area contributed by atoms with E-state index in [4.69, 9.17) is 5.73 Å². The van der Waals surface area contributed by atoms with Gasteiger partial charge in [-0.3, -0.25) is 4.79 Å². The highest BCUT2D eigenvalue weighted by Crippen LogP contribution is 2.46. The molecule has 0 aromatic rings. The Bertz CT molecular complexity index is 421. The van der Waals surface area contributed by atoms with E-state index in [9.17, 15) is 19.8 Å². The molecule has 1 fully saturated rings. The molecule has 0 aliphatic carbocycles. The molecule has 0 aromatic heterocycles. The number of nitrogens with two attached hydrogens (primary N) is 1. The molecule has 2 aliphatic rings. The maximum Gasteiger partial charge on any atom is 0.353 e. The quantitative estimate of drug-likeness (QED) is 0.588. The topological polar surface area (TPSA) is 104 Å². The van der Waals surface area contributed by atoms with Gasteiger partial charge in [-0.05, 0) is 6.92 Å². The smallest absolute Gasteiger partial charge is 0.353 e. The maximum atomic E-state index is 11.9. The number of nitrogens with zero attached hydrogens (tertiary/aromatic N) is 1. The lowest BCUT2D eigenvalue weighted by molar-refractivity contribution is -0.161. The third kappa shape index (κ3) is 1.92. The fraction of sp³-hybridized carbons (Fsp3) is 0.636. The number of rotatable bonds is 5. The Balaban J connectivity index is 2.21. The zero-order valence-electron chi connectivity index (χ0n) is 10.00. The first-order chi connectivity index (χ1) is 8.49. The lowest BCUT2D eigenvalue weighted by Gasteiger charge is -2.44. The summed E-state index contributed by atoms with van der Waals surface area (Å²) in [6, 6.07) is -0.205. The summed E-state index contributed by atoms with van der Waals surface area (Å²) in [7, 11) is 0. The fourth-order valence-electron chi connectivity index (χ4n) is 2.54. The van der Waals surface area contributed by atoms with E-state index in [1.54, 1.807) is 6.92 Å². The molecule has 0 radical (unpaired) electrons. The van der Waals surface area contributed by atoms with Gasteiger partial charge in [-0.2, -0.15) is 0 Å². The van der Waals surface area contributed by atoms with Crippen LogP contribution < -0.4 is 5.73 Å². The minimum absolute atomic E-state index is 0.0698. The van der Waals surface area contributed by atoms with Gasteiger partial charge in [-0.1, -0.05) is 0 Å². The van der Waals surface area contributed by atoms with Crippen molar-refractivity contribution in [2.75, 3.05) is 12.3 Å². The summed E-state index contributed by atoms with van der Waals surface area (Å²) >= 11 is 1.38. The Morgan fingerprint density at radius 2 is 2.33 bits per heavy atom. The van der Waals surface area contributed by atoms with Gasteiger partial charge in [0.05, 0.1) is 18.1 Å². The minimum Gasteiger partial charge on any atom is -0.477 e. The average Bonchev–Trinajstić information content (AvgIpc) is 2.60. The first-order valence-electron chi connectivity index (χ1n) is 5.79. The molecule has 2 heterocycles. The maximum absolute atomic E-state index is 11.9. The summed E-state index contributed by atoms with van der Waals surface area (Å²) in [5.41, 5.74) is 5.47. The Hall–Kier alpha value is -1.05. The van der Waals surface area contributed by atoms with Crippen molar-refractivity contribution in [1.29, 1.82) is 0 Å². The third-order valence-corrected chi connectivity index (χ3v) is 4.43. The van der Waals surface area contributed by atoms with E-state index in [0.717, 1.165) is 0 Å². The number of hydrogen-bond donors (Lipinski definition) is 3. The molecule has 0 unspecified atom stereocenters. The number of fused-ring (bicyclic) bond motifs is 1. The van der Waals surface area contributed by atoms with E-state index in [2.05, 4.69) is 0 Å². The molecule has 4 N–H and O–H groups in total. The molecule has 2 rings (SSSR count). The number of carboxylic acid groups (broad SMARTS) is 1. The predicted octanol–water partition coefficient (Wildman–Crippen LogP) is -0.414. The normalized spacial score (nSPS) is 28.2. The van der Waals surface area contributed by atoms with Gasteiger partial charge in [0.25, 0.3) is 0 Å². The van der Waals surface area contributed by atoms with Crippen LogP contribution in [0.25, 0.3) is 0 Å². The number of amides is 1. The summed E-state index contributed by atoms with van der Waals surface area (Å²) in [5, 5.41) is 18.7. The largest absolute Gasteiger partial charge is 0.477 e. The van der Waals surface area contributed by atoms with Gasteiger partial charge < -0.3 is 20.8 Å². The van der Waals surface area contributed by atoms with Gasteiger partial charge in [0, 0.05) is 23.6 Å². The fourth-order valence-corrected chi connectivity index (χ4v) is 3.52. The molecule has 0 aromatic carbocycles. The molecule has 2 aliphatic heterocycles. The van der Waals surface area contributed by atoms with Crippen LogP contribution in [-0.4, -0.2) is 51.4 Å². The van der Waals surface area contributed by atoms with Crippen molar-refractivity contribution in [3.63, 3.8) is 0 Å². The molecule has 1 amide bonds. The monoisotopic (exact) mass is 272 g/mol. The number of aliphatic hydroxyl groups is 1. The predicted molar refractivity (Wildman–Crippen MR) is 66.6 cm³/mol. The number of aliphatic carboxylic acids is 1. The van der Waals surface area contributed by atoms with E-state index in [-0.39, 0.29) is 17.6 Å². The van der Waals surface area contributed by atoms with E-state index in [0.29, 0.717) is 23.6 Å². The second-order valence-corrected chi connectivity index (χ2v) is 5.65. The molecule has 0 saturated carbocycles. The number of carbonyl (C=O) groups excluding carboxylic acids is 1. The number of thioether (sulfide) groups is 1. The molecule has 100 valence electrons. The van der Waals surface area contributed by atoms with Crippen LogP contribution in [0.5, 0.6) is 0 Å². The first-order valence-corrected chi connectivity index (χ1v) is 6.78. The van der Waals surface area contributed by atoms with Crippen molar-refractivity contribution < 1.29 is 19.8 Å². The Labute approximate surface area is 109 Å². The van der Waals surface area contributed by atoms with Crippen LogP contribution in [0.1, 0.15) is 13.3 Å². The van der Waals surface area contributed by atoms with Crippen molar-refractivity contribution in [1.82, 2.24) is 4.90 Å². The van der Waals surface area contributed by atoms with E-state index >= 15 is 0 Å². The van der Waals surface area contributed by atoms with Gasteiger partial charge in [0.1, 0.15) is 5.70 Å². The zero-order chi connectivity index (χ0) is 13.4. The van der Waals surface area contributed by atoms with Crippen LogP contribution in [0, 0.1) is 5.92 Å². The van der Waals surface area contributed by atoms with Crippen molar-refractivity contribution in [3.05, 3.63) is 10.6 Å². The second-order valence-electron chi connectivity index (χ2n) is 4.46. The Morgan fingerprint density at radius 3 is 2.83 bits per heavy atom.